The lowest BCUT2D eigenvalue weighted by molar-refractivity contribution is 0.220. The molecule has 0 bridgehead atoms. The first kappa shape index (κ1) is 13.0. The molecule has 0 aliphatic carbocycles. The van der Waals surface area contributed by atoms with Crippen molar-refractivity contribution in [2.24, 2.45) is 0 Å². The highest BCUT2D eigenvalue weighted by molar-refractivity contribution is 6.08. The molecule has 0 fully saturated rings. The monoisotopic (exact) mass is 195 g/mol. The minimum atomic E-state index is -0.201. The summed E-state index contributed by atoms with van der Waals surface area (Å²) in [6.45, 7) is 4.74. The minimum Gasteiger partial charge on any atom is -0.338 e. The smallest absolute Gasteiger partial charge is 0.322 e. The zero-order valence-electron chi connectivity index (χ0n) is 8.97. The van der Waals surface area contributed by atoms with Crippen molar-refractivity contribution in [2.45, 2.75) is 33.0 Å². The molecule has 0 saturated heterocycles. The van der Waals surface area contributed by atoms with Crippen LogP contribution in [0.2, 0.25) is 6.32 Å². The predicted molar refractivity (Wildman–Crippen MR) is 59.0 cm³/mol. The van der Waals surface area contributed by atoms with Gasteiger partial charge in [0.15, 0.2) is 0 Å². The summed E-state index contributed by atoms with van der Waals surface area (Å²) < 4.78 is 0. The number of carbonyl (C=O) groups is 1. The van der Waals surface area contributed by atoms with Crippen LogP contribution in [0.25, 0.3) is 0 Å². The molecule has 0 spiro atoms. The van der Waals surface area contributed by atoms with E-state index in [0.29, 0.717) is 19.4 Å². The Bertz CT molecular complexity index is 196. The summed E-state index contributed by atoms with van der Waals surface area (Å²) in [5, 5.41) is 10.1. The van der Waals surface area contributed by atoms with Crippen molar-refractivity contribution < 1.29 is 4.79 Å². The average Bonchev–Trinajstić information content (AvgIpc) is 2.13. The molecule has 0 unspecified atom stereocenters. The first-order valence-corrected chi connectivity index (χ1v) is 4.94. The topological polar surface area (TPSA) is 56.2 Å². The van der Waals surface area contributed by atoms with Crippen molar-refractivity contribution in [2.75, 3.05) is 13.1 Å². The van der Waals surface area contributed by atoms with E-state index in [1.54, 1.807) is 6.92 Å². The number of amidine groups is 1. The highest BCUT2D eigenvalue weighted by Crippen LogP contribution is 1.94. The number of rotatable bonds is 5. The van der Waals surface area contributed by atoms with E-state index in [-0.39, 0.29) is 11.9 Å². The van der Waals surface area contributed by atoms with E-state index >= 15 is 0 Å². The largest absolute Gasteiger partial charge is 0.338 e. The predicted octanol–water partition coefficient (Wildman–Crippen LogP) is 1.38. The Morgan fingerprint density at radius 1 is 1.57 bits per heavy atom. The van der Waals surface area contributed by atoms with Crippen molar-refractivity contribution in [1.82, 2.24) is 10.2 Å². The Hall–Kier alpha value is -0.995. The van der Waals surface area contributed by atoms with Crippen LogP contribution in [-0.2, 0) is 0 Å². The highest BCUT2D eigenvalue weighted by Gasteiger charge is 2.12. The molecule has 14 heavy (non-hydrogen) atoms. The van der Waals surface area contributed by atoms with Crippen LogP contribution in [0.3, 0.4) is 0 Å². The van der Waals surface area contributed by atoms with Crippen molar-refractivity contribution in [3.63, 3.8) is 0 Å². The second kappa shape index (κ2) is 7.41. The summed E-state index contributed by atoms with van der Waals surface area (Å²) in [7, 11) is 5.30. The normalized spacial score (nSPS) is 9.57. The Kier molecular flexibility index (Phi) is 6.89. The Morgan fingerprint density at radius 2 is 2.21 bits per heavy atom. The summed E-state index contributed by atoms with van der Waals surface area (Å²) in [6.07, 6.45) is 2.18. The van der Waals surface area contributed by atoms with E-state index in [4.69, 9.17) is 13.3 Å². The van der Waals surface area contributed by atoms with E-state index in [1.807, 2.05) is 6.92 Å². The van der Waals surface area contributed by atoms with Gasteiger partial charge in [-0.15, -0.1) is 0 Å². The number of hydrogen-bond acceptors (Lipinski definition) is 2. The van der Waals surface area contributed by atoms with Crippen LogP contribution < -0.4 is 5.32 Å². The second-order valence-electron chi connectivity index (χ2n) is 3.11. The van der Waals surface area contributed by atoms with Crippen LogP contribution in [0.5, 0.6) is 0 Å². The van der Waals surface area contributed by atoms with Crippen LogP contribution in [0.15, 0.2) is 0 Å². The zero-order chi connectivity index (χ0) is 11.0. The van der Waals surface area contributed by atoms with Gasteiger partial charge in [0.1, 0.15) is 5.84 Å². The summed E-state index contributed by atoms with van der Waals surface area (Å²) in [6, 6.07) is -0.201. The molecule has 0 aliphatic heterocycles. The third-order valence-corrected chi connectivity index (χ3v) is 1.75. The van der Waals surface area contributed by atoms with Crippen molar-refractivity contribution >= 4 is 19.7 Å². The van der Waals surface area contributed by atoms with Crippen LogP contribution in [0, 0.1) is 5.41 Å². The van der Waals surface area contributed by atoms with Gasteiger partial charge in [-0.1, -0.05) is 13.2 Å². The van der Waals surface area contributed by atoms with Crippen molar-refractivity contribution in [3.05, 3.63) is 0 Å². The summed E-state index contributed by atoms with van der Waals surface area (Å²) in [5.41, 5.74) is 0. The van der Waals surface area contributed by atoms with Crippen LogP contribution in [0.1, 0.15) is 26.7 Å². The van der Waals surface area contributed by atoms with E-state index in [1.165, 1.54) is 4.90 Å². The van der Waals surface area contributed by atoms with Crippen LogP contribution in [0.4, 0.5) is 4.79 Å². The van der Waals surface area contributed by atoms with Gasteiger partial charge < -0.3 is 5.32 Å². The van der Waals surface area contributed by atoms with E-state index in [2.05, 4.69) is 5.32 Å². The maximum atomic E-state index is 11.5. The SMILES string of the molecule is [B]CCCNC(=O)N(CCC)C(C)=N. The van der Waals surface area contributed by atoms with Gasteiger partial charge in [-0.2, -0.15) is 0 Å². The lowest BCUT2D eigenvalue weighted by atomic mass is 10.0. The minimum absolute atomic E-state index is 0.201. The fourth-order valence-electron chi connectivity index (χ4n) is 1.04. The molecule has 0 aliphatic rings. The van der Waals surface area contributed by atoms with E-state index in [9.17, 15) is 4.79 Å². The molecule has 2 amide bonds. The molecule has 0 rings (SSSR count). The number of amides is 2. The first-order chi connectivity index (χ1) is 6.63. The summed E-state index contributed by atoms with van der Waals surface area (Å²) in [4.78, 5) is 12.9. The Balaban J connectivity index is 3.96. The molecule has 0 atom stereocenters. The second-order valence-corrected chi connectivity index (χ2v) is 3.11. The quantitative estimate of drug-likeness (QED) is 0.296. The fraction of sp³-hybridized carbons (Fsp3) is 0.778. The van der Waals surface area contributed by atoms with Crippen LogP contribution >= 0.6 is 0 Å². The number of urea groups is 1. The zero-order valence-corrected chi connectivity index (χ0v) is 8.97. The van der Waals surface area contributed by atoms with Crippen molar-refractivity contribution in [3.8, 4) is 0 Å². The number of nitrogens with one attached hydrogen (secondary N) is 2. The maximum absolute atomic E-state index is 11.5. The molecular weight excluding hydrogens is 177 g/mol. The first-order valence-electron chi connectivity index (χ1n) is 4.94. The fourth-order valence-corrected chi connectivity index (χ4v) is 1.04. The van der Waals surface area contributed by atoms with E-state index in [0.717, 1.165) is 12.8 Å². The maximum Gasteiger partial charge on any atom is 0.322 e. The van der Waals surface area contributed by atoms with Gasteiger partial charge in [0.2, 0.25) is 0 Å². The van der Waals surface area contributed by atoms with Crippen molar-refractivity contribution in [1.29, 1.82) is 5.41 Å². The molecule has 0 saturated carbocycles. The Morgan fingerprint density at radius 3 is 2.64 bits per heavy atom. The molecule has 0 aromatic carbocycles. The standard InChI is InChI=1S/C9H18BN3O/c1-3-7-13(8(2)11)9(14)12-6-4-5-10/h11H,3-7H2,1-2H3,(H,12,14). The van der Waals surface area contributed by atoms with E-state index < -0.39 is 0 Å². The molecule has 0 heterocycles. The molecular formula is C9H18BN3O. The van der Waals surface area contributed by atoms with Gasteiger partial charge in [0, 0.05) is 13.1 Å². The molecule has 78 valence electrons. The molecule has 2 radical (unpaired) electrons. The van der Waals surface area contributed by atoms with Gasteiger partial charge in [-0.3, -0.25) is 10.3 Å². The lowest BCUT2D eigenvalue weighted by Gasteiger charge is -2.20. The third-order valence-electron chi connectivity index (χ3n) is 1.75. The van der Waals surface area contributed by atoms with Gasteiger partial charge >= 0.3 is 6.03 Å². The highest BCUT2D eigenvalue weighted by atomic mass is 16.2. The van der Waals surface area contributed by atoms with Gasteiger partial charge in [0.05, 0.1) is 7.85 Å². The molecule has 4 nitrogen and oxygen atoms in total. The third kappa shape index (κ3) is 4.89. The molecule has 0 aromatic heterocycles. The summed E-state index contributed by atoms with van der Waals surface area (Å²) >= 11 is 0. The van der Waals surface area contributed by atoms with Gasteiger partial charge in [0.25, 0.3) is 0 Å². The van der Waals surface area contributed by atoms with Gasteiger partial charge in [-0.05, 0) is 19.8 Å². The molecule has 0 aromatic rings. The Labute approximate surface area is 87.0 Å². The molecule has 2 N–H and O–H groups in total. The number of nitrogens with zero attached hydrogens (tertiary/aromatic N) is 1. The molecule has 5 heteroatoms. The van der Waals surface area contributed by atoms with Crippen LogP contribution in [-0.4, -0.2) is 37.7 Å². The van der Waals surface area contributed by atoms with Gasteiger partial charge in [-0.25, -0.2) is 4.79 Å². The lowest BCUT2D eigenvalue weighted by Crippen LogP contribution is -2.43. The number of carbonyl (C=O) groups excluding carboxylic acids is 1. The number of hydrogen-bond donors (Lipinski definition) is 2. The average molecular weight is 195 g/mol. The summed E-state index contributed by atoms with van der Waals surface area (Å²) in [5.74, 6) is 0.275.